The van der Waals surface area contributed by atoms with Crippen LogP contribution in [0.1, 0.15) is 23.6 Å². The van der Waals surface area contributed by atoms with Crippen LogP contribution in [0.2, 0.25) is 0 Å². The number of hydrogen-bond donors (Lipinski definition) is 1. The van der Waals surface area contributed by atoms with Gasteiger partial charge in [0.05, 0.1) is 26.4 Å². The average Bonchev–Trinajstić information content (AvgIpc) is 3.07. The van der Waals surface area contributed by atoms with Crippen LogP contribution in [0.25, 0.3) is 0 Å². The van der Waals surface area contributed by atoms with Crippen molar-refractivity contribution in [1.29, 1.82) is 0 Å². The third kappa shape index (κ3) is 6.03. The van der Waals surface area contributed by atoms with Crippen LogP contribution in [-0.4, -0.2) is 35.8 Å². The fourth-order valence-electron chi connectivity index (χ4n) is 3.91. The second-order valence-electron chi connectivity index (χ2n) is 8.19. The summed E-state index contributed by atoms with van der Waals surface area (Å²) in [5, 5.41) is 11.0. The van der Waals surface area contributed by atoms with E-state index in [9.17, 15) is 5.11 Å². The molecule has 1 saturated heterocycles. The Labute approximate surface area is 189 Å². The molecule has 168 valence electrons. The van der Waals surface area contributed by atoms with Crippen LogP contribution in [0.3, 0.4) is 0 Å². The Hall–Kier alpha value is -2.54. The maximum absolute atomic E-state index is 11.0. The molecule has 0 bridgehead atoms. The molecule has 0 radical (unpaired) electrons. The summed E-state index contributed by atoms with van der Waals surface area (Å²) >= 11 is 0. The fraction of sp³-hybridized carbons (Fsp3) is 0.333. The zero-order valence-corrected chi connectivity index (χ0v) is 18.3. The lowest BCUT2D eigenvalue weighted by Crippen LogP contribution is -2.44. The second-order valence-corrected chi connectivity index (χ2v) is 8.19. The first kappa shape index (κ1) is 22.6. The number of aliphatic hydroxyl groups is 1. The molecule has 1 aliphatic heterocycles. The third-order valence-corrected chi connectivity index (χ3v) is 5.53. The van der Waals surface area contributed by atoms with Gasteiger partial charge < -0.3 is 24.1 Å². The molecule has 1 heterocycles. The Balaban J connectivity index is 1.44. The zero-order valence-electron chi connectivity index (χ0n) is 18.3. The normalized spacial score (nSPS) is 25.1. The van der Waals surface area contributed by atoms with Gasteiger partial charge in [0.15, 0.2) is 5.79 Å². The minimum atomic E-state index is -1.49. The van der Waals surface area contributed by atoms with Gasteiger partial charge >= 0.3 is 0 Å². The summed E-state index contributed by atoms with van der Waals surface area (Å²) in [5.74, 6) is -1.49. The fourth-order valence-corrected chi connectivity index (χ4v) is 3.91. The van der Waals surface area contributed by atoms with Crippen molar-refractivity contribution >= 4 is 0 Å². The van der Waals surface area contributed by atoms with Crippen LogP contribution in [0.15, 0.2) is 91.0 Å². The van der Waals surface area contributed by atoms with Crippen molar-refractivity contribution in [2.24, 2.45) is 0 Å². The monoisotopic (exact) mass is 434 g/mol. The summed E-state index contributed by atoms with van der Waals surface area (Å²) in [6.45, 7) is 3.12. The van der Waals surface area contributed by atoms with Crippen LogP contribution >= 0.6 is 0 Å². The molecule has 1 aliphatic rings. The molecule has 0 saturated carbocycles. The number of hydrogen-bond acceptors (Lipinski definition) is 5. The van der Waals surface area contributed by atoms with Crippen LogP contribution in [0, 0.1) is 0 Å². The molecule has 0 spiro atoms. The second kappa shape index (κ2) is 10.9. The van der Waals surface area contributed by atoms with Crippen LogP contribution < -0.4 is 0 Å². The highest BCUT2D eigenvalue weighted by molar-refractivity contribution is 5.15. The molecule has 32 heavy (non-hydrogen) atoms. The van der Waals surface area contributed by atoms with Gasteiger partial charge in [-0.2, -0.15) is 0 Å². The Morgan fingerprint density at radius 2 is 1.19 bits per heavy atom. The van der Waals surface area contributed by atoms with Crippen molar-refractivity contribution in [2.45, 2.75) is 50.8 Å². The maximum atomic E-state index is 11.0. The van der Waals surface area contributed by atoms with Gasteiger partial charge in [-0.15, -0.1) is 0 Å². The van der Waals surface area contributed by atoms with Crippen molar-refractivity contribution in [2.75, 3.05) is 6.61 Å². The maximum Gasteiger partial charge on any atom is 0.192 e. The summed E-state index contributed by atoms with van der Waals surface area (Å²) in [5.41, 5.74) is 3.15. The quantitative estimate of drug-likeness (QED) is 0.510. The summed E-state index contributed by atoms with van der Waals surface area (Å²) in [6.07, 6.45) is -1.60. The first-order valence-corrected chi connectivity index (χ1v) is 10.9. The topological polar surface area (TPSA) is 57.2 Å². The highest BCUT2D eigenvalue weighted by atomic mass is 16.7. The minimum Gasteiger partial charge on any atom is -0.374 e. The van der Waals surface area contributed by atoms with Crippen LogP contribution in [-0.2, 0) is 38.8 Å². The van der Waals surface area contributed by atoms with E-state index in [2.05, 4.69) is 0 Å². The van der Waals surface area contributed by atoms with E-state index in [1.807, 2.05) is 91.0 Å². The zero-order chi connectivity index (χ0) is 22.2. The van der Waals surface area contributed by atoms with E-state index >= 15 is 0 Å². The molecule has 0 amide bonds. The van der Waals surface area contributed by atoms with Crippen molar-refractivity contribution in [1.82, 2.24) is 0 Å². The SMILES string of the molecule is C[C@]1(O)O[C@H](COCc2ccccc2)[C@@H](OCc2ccccc2)[C@@H]1OCc1ccccc1. The molecule has 4 atom stereocenters. The van der Waals surface area contributed by atoms with E-state index in [1.165, 1.54) is 0 Å². The summed E-state index contributed by atoms with van der Waals surface area (Å²) in [4.78, 5) is 0. The molecule has 0 aromatic heterocycles. The van der Waals surface area contributed by atoms with Crippen LogP contribution in [0.4, 0.5) is 0 Å². The van der Waals surface area contributed by atoms with Crippen molar-refractivity contribution in [3.05, 3.63) is 108 Å². The molecule has 3 aromatic carbocycles. The molecule has 4 rings (SSSR count). The lowest BCUT2D eigenvalue weighted by Gasteiger charge is -2.27. The molecule has 3 aromatic rings. The van der Waals surface area contributed by atoms with E-state index in [0.29, 0.717) is 19.8 Å². The number of benzene rings is 3. The first-order valence-electron chi connectivity index (χ1n) is 10.9. The van der Waals surface area contributed by atoms with Crippen molar-refractivity contribution < 1.29 is 24.1 Å². The molecular formula is C27H30O5. The molecule has 5 heteroatoms. The highest BCUT2D eigenvalue weighted by Gasteiger charge is 2.53. The van der Waals surface area contributed by atoms with Crippen molar-refractivity contribution in [3.8, 4) is 0 Å². The van der Waals surface area contributed by atoms with Gasteiger partial charge in [-0.3, -0.25) is 0 Å². The highest BCUT2D eigenvalue weighted by Crippen LogP contribution is 2.34. The average molecular weight is 435 g/mol. The standard InChI is InChI=1S/C27H30O5/c1-27(28)26(31-19-23-15-9-4-10-16-23)25(30-18-22-13-7-3-8-14-22)24(32-27)20-29-17-21-11-5-2-6-12-21/h2-16,24-26,28H,17-20H2,1H3/t24-,25-,26+,27+/m1/s1. The van der Waals surface area contributed by atoms with E-state index in [4.69, 9.17) is 18.9 Å². The van der Waals surface area contributed by atoms with E-state index in [0.717, 1.165) is 16.7 Å². The van der Waals surface area contributed by atoms with Gasteiger partial charge in [0.25, 0.3) is 0 Å². The smallest absolute Gasteiger partial charge is 0.192 e. The summed E-state index contributed by atoms with van der Waals surface area (Å²) < 4.78 is 24.3. The van der Waals surface area contributed by atoms with Gasteiger partial charge in [-0.05, 0) is 23.6 Å². The van der Waals surface area contributed by atoms with E-state index in [-0.39, 0.29) is 6.61 Å². The van der Waals surface area contributed by atoms with Gasteiger partial charge in [0.1, 0.15) is 18.3 Å². The number of ether oxygens (including phenoxy) is 4. The largest absolute Gasteiger partial charge is 0.374 e. The number of rotatable bonds is 10. The minimum absolute atomic E-state index is 0.287. The van der Waals surface area contributed by atoms with E-state index in [1.54, 1.807) is 6.92 Å². The lowest BCUT2D eigenvalue weighted by atomic mass is 10.1. The molecule has 5 nitrogen and oxygen atoms in total. The third-order valence-electron chi connectivity index (χ3n) is 5.53. The molecule has 1 N–H and O–H groups in total. The predicted octanol–water partition coefficient (Wildman–Crippen LogP) is 4.48. The Morgan fingerprint density at radius 1 is 0.719 bits per heavy atom. The van der Waals surface area contributed by atoms with Gasteiger partial charge in [-0.25, -0.2) is 0 Å². The molecule has 0 unspecified atom stereocenters. The van der Waals surface area contributed by atoms with E-state index < -0.39 is 24.1 Å². The van der Waals surface area contributed by atoms with Gasteiger partial charge in [-0.1, -0.05) is 91.0 Å². The van der Waals surface area contributed by atoms with Gasteiger partial charge in [0.2, 0.25) is 0 Å². The summed E-state index contributed by atoms with van der Waals surface area (Å²) in [7, 11) is 0. The first-order chi connectivity index (χ1) is 15.6. The Morgan fingerprint density at radius 3 is 1.72 bits per heavy atom. The molecule has 0 aliphatic carbocycles. The predicted molar refractivity (Wildman–Crippen MR) is 122 cm³/mol. The Bertz CT molecular complexity index is 930. The van der Waals surface area contributed by atoms with Crippen molar-refractivity contribution in [3.63, 3.8) is 0 Å². The Kier molecular flexibility index (Phi) is 7.68. The van der Waals surface area contributed by atoms with Gasteiger partial charge in [0, 0.05) is 0 Å². The molecule has 1 fully saturated rings. The van der Waals surface area contributed by atoms with Crippen LogP contribution in [0.5, 0.6) is 0 Å². The molecular weight excluding hydrogens is 404 g/mol. The summed E-state index contributed by atoms with van der Waals surface area (Å²) in [6, 6.07) is 29.8. The lowest BCUT2D eigenvalue weighted by molar-refractivity contribution is -0.231.